The molecular formula is C17H15ClN2O2S. The van der Waals surface area contributed by atoms with E-state index in [1.807, 2.05) is 43.3 Å². The Labute approximate surface area is 143 Å². The molecule has 3 aromatic rings. The SMILES string of the molecule is Cc1ccc(-c2nnc(SCC(O)c3ccccc3Cl)o2)cc1. The van der Waals surface area contributed by atoms with Gasteiger partial charge in [0.2, 0.25) is 5.89 Å². The van der Waals surface area contributed by atoms with Crippen molar-refractivity contribution in [3.63, 3.8) is 0 Å². The molecule has 1 unspecified atom stereocenters. The molecule has 0 spiro atoms. The average molecular weight is 347 g/mol. The molecule has 2 aromatic carbocycles. The first-order valence-electron chi connectivity index (χ1n) is 7.09. The first-order valence-corrected chi connectivity index (χ1v) is 8.45. The third kappa shape index (κ3) is 3.93. The van der Waals surface area contributed by atoms with Crippen molar-refractivity contribution in [2.24, 2.45) is 0 Å². The largest absolute Gasteiger partial charge is 0.411 e. The zero-order valence-corrected chi connectivity index (χ0v) is 14.0. The number of benzene rings is 2. The number of aliphatic hydroxyl groups excluding tert-OH is 1. The van der Waals surface area contributed by atoms with Crippen LogP contribution in [0.2, 0.25) is 5.02 Å². The molecule has 23 heavy (non-hydrogen) atoms. The summed E-state index contributed by atoms with van der Waals surface area (Å²) in [6, 6.07) is 15.1. The molecule has 0 saturated heterocycles. The minimum Gasteiger partial charge on any atom is -0.411 e. The molecule has 118 valence electrons. The van der Waals surface area contributed by atoms with Gasteiger partial charge in [-0.1, -0.05) is 59.3 Å². The van der Waals surface area contributed by atoms with Crippen molar-refractivity contribution in [3.05, 3.63) is 64.7 Å². The first kappa shape index (κ1) is 16.1. The topological polar surface area (TPSA) is 59.2 Å². The van der Waals surface area contributed by atoms with Crippen LogP contribution in [0.15, 0.2) is 58.2 Å². The Kier molecular flexibility index (Phi) is 5.00. The van der Waals surface area contributed by atoms with E-state index in [1.54, 1.807) is 12.1 Å². The van der Waals surface area contributed by atoms with E-state index in [2.05, 4.69) is 10.2 Å². The molecule has 0 bridgehead atoms. The van der Waals surface area contributed by atoms with Crippen LogP contribution in [0, 0.1) is 6.92 Å². The summed E-state index contributed by atoms with van der Waals surface area (Å²) in [6.07, 6.45) is -0.691. The van der Waals surface area contributed by atoms with Crippen molar-refractivity contribution < 1.29 is 9.52 Å². The molecule has 0 radical (unpaired) electrons. The van der Waals surface area contributed by atoms with E-state index in [1.165, 1.54) is 17.3 Å². The summed E-state index contributed by atoms with van der Waals surface area (Å²) in [5, 5.41) is 19.2. The fourth-order valence-electron chi connectivity index (χ4n) is 2.07. The summed E-state index contributed by atoms with van der Waals surface area (Å²) >= 11 is 7.38. The summed E-state index contributed by atoms with van der Waals surface area (Å²) < 4.78 is 5.62. The molecule has 0 aliphatic heterocycles. The smallest absolute Gasteiger partial charge is 0.276 e. The minimum atomic E-state index is -0.691. The highest BCUT2D eigenvalue weighted by atomic mass is 35.5. The Morgan fingerprint density at radius 1 is 1.13 bits per heavy atom. The van der Waals surface area contributed by atoms with Crippen LogP contribution < -0.4 is 0 Å². The van der Waals surface area contributed by atoms with Crippen molar-refractivity contribution in [3.8, 4) is 11.5 Å². The van der Waals surface area contributed by atoms with Crippen LogP contribution >= 0.6 is 23.4 Å². The van der Waals surface area contributed by atoms with Gasteiger partial charge in [0.25, 0.3) is 5.22 Å². The van der Waals surface area contributed by atoms with Crippen LogP contribution in [-0.2, 0) is 0 Å². The quantitative estimate of drug-likeness (QED) is 0.688. The molecule has 1 N–H and O–H groups in total. The average Bonchev–Trinajstić information content (AvgIpc) is 3.03. The van der Waals surface area contributed by atoms with Crippen molar-refractivity contribution in [2.75, 3.05) is 5.75 Å². The Bertz CT molecular complexity index is 789. The molecule has 0 amide bonds. The van der Waals surface area contributed by atoms with Crippen LogP contribution in [0.3, 0.4) is 0 Å². The van der Waals surface area contributed by atoms with Gasteiger partial charge in [0.05, 0.1) is 6.10 Å². The maximum atomic E-state index is 10.2. The normalized spacial score (nSPS) is 12.3. The van der Waals surface area contributed by atoms with Crippen LogP contribution in [0.4, 0.5) is 0 Å². The van der Waals surface area contributed by atoms with Crippen molar-refractivity contribution in [1.82, 2.24) is 10.2 Å². The maximum absolute atomic E-state index is 10.2. The van der Waals surface area contributed by atoms with Crippen LogP contribution in [0.5, 0.6) is 0 Å². The summed E-state index contributed by atoms with van der Waals surface area (Å²) in [7, 11) is 0. The van der Waals surface area contributed by atoms with E-state index in [0.29, 0.717) is 27.5 Å². The van der Waals surface area contributed by atoms with Crippen molar-refractivity contribution in [1.29, 1.82) is 0 Å². The lowest BCUT2D eigenvalue weighted by molar-refractivity contribution is 0.204. The number of hydrogen-bond acceptors (Lipinski definition) is 5. The molecular weight excluding hydrogens is 332 g/mol. The summed E-state index contributed by atoms with van der Waals surface area (Å²) in [5.41, 5.74) is 2.74. The highest BCUT2D eigenvalue weighted by Crippen LogP contribution is 2.29. The monoisotopic (exact) mass is 346 g/mol. The van der Waals surface area contributed by atoms with Gasteiger partial charge in [0.1, 0.15) is 0 Å². The first-order chi connectivity index (χ1) is 11.1. The third-order valence-electron chi connectivity index (χ3n) is 3.33. The number of aliphatic hydroxyl groups is 1. The Morgan fingerprint density at radius 3 is 2.61 bits per heavy atom. The predicted molar refractivity (Wildman–Crippen MR) is 91.6 cm³/mol. The highest BCUT2D eigenvalue weighted by molar-refractivity contribution is 7.99. The van der Waals surface area contributed by atoms with E-state index in [9.17, 15) is 5.11 Å². The van der Waals surface area contributed by atoms with Crippen LogP contribution in [0.1, 0.15) is 17.2 Å². The Morgan fingerprint density at radius 2 is 1.87 bits per heavy atom. The summed E-state index contributed by atoms with van der Waals surface area (Å²) in [5.74, 6) is 0.860. The fourth-order valence-corrected chi connectivity index (χ4v) is 3.04. The van der Waals surface area contributed by atoms with Gasteiger partial charge in [-0.05, 0) is 30.7 Å². The number of halogens is 1. The second-order valence-electron chi connectivity index (χ2n) is 5.09. The van der Waals surface area contributed by atoms with Crippen LogP contribution in [-0.4, -0.2) is 21.1 Å². The third-order valence-corrected chi connectivity index (χ3v) is 4.57. The minimum absolute atomic E-state index is 0.388. The van der Waals surface area contributed by atoms with E-state index >= 15 is 0 Å². The number of rotatable bonds is 5. The molecule has 6 heteroatoms. The molecule has 0 saturated carbocycles. The van der Waals surface area contributed by atoms with Gasteiger partial charge < -0.3 is 9.52 Å². The number of nitrogens with zero attached hydrogens (tertiary/aromatic N) is 2. The zero-order valence-electron chi connectivity index (χ0n) is 12.4. The van der Waals surface area contributed by atoms with Gasteiger partial charge in [-0.2, -0.15) is 0 Å². The Hall–Kier alpha value is -1.82. The zero-order chi connectivity index (χ0) is 16.2. The lowest BCUT2D eigenvalue weighted by atomic mass is 10.1. The standard InChI is InChI=1S/C17H15ClN2O2S/c1-11-6-8-12(9-7-11)16-19-20-17(22-16)23-10-15(21)13-4-2-3-5-14(13)18/h2-9,15,21H,10H2,1H3. The lowest BCUT2D eigenvalue weighted by Gasteiger charge is -2.10. The van der Waals surface area contributed by atoms with E-state index in [4.69, 9.17) is 16.0 Å². The number of aryl methyl sites for hydroxylation is 1. The van der Waals surface area contributed by atoms with Crippen molar-refractivity contribution in [2.45, 2.75) is 18.3 Å². The fraction of sp³-hybridized carbons (Fsp3) is 0.176. The molecule has 1 atom stereocenters. The molecule has 0 aliphatic carbocycles. The molecule has 3 rings (SSSR count). The molecule has 1 aromatic heterocycles. The van der Waals surface area contributed by atoms with Crippen LogP contribution in [0.25, 0.3) is 11.5 Å². The number of hydrogen-bond donors (Lipinski definition) is 1. The maximum Gasteiger partial charge on any atom is 0.276 e. The highest BCUT2D eigenvalue weighted by Gasteiger charge is 2.14. The van der Waals surface area contributed by atoms with Gasteiger partial charge in [-0.15, -0.1) is 10.2 Å². The van der Waals surface area contributed by atoms with E-state index in [-0.39, 0.29) is 0 Å². The van der Waals surface area contributed by atoms with Gasteiger partial charge in [-0.25, -0.2) is 0 Å². The van der Waals surface area contributed by atoms with Crippen molar-refractivity contribution >= 4 is 23.4 Å². The Balaban J connectivity index is 1.65. The molecule has 1 heterocycles. The second kappa shape index (κ2) is 7.17. The van der Waals surface area contributed by atoms with Gasteiger partial charge >= 0.3 is 0 Å². The summed E-state index contributed by atoms with van der Waals surface area (Å²) in [4.78, 5) is 0. The van der Waals surface area contributed by atoms with E-state index in [0.717, 1.165) is 5.56 Å². The van der Waals surface area contributed by atoms with Gasteiger partial charge in [0.15, 0.2) is 0 Å². The molecule has 0 aliphatic rings. The van der Waals surface area contributed by atoms with E-state index < -0.39 is 6.10 Å². The van der Waals surface area contributed by atoms with Gasteiger partial charge in [-0.3, -0.25) is 0 Å². The lowest BCUT2D eigenvalue weighted by Crippen LogP contribution is -2.01. The molecule has 4 nitrogen and oxygen atoms in total. The van der Waals surface area contributed by atoms with Gasteiger partial charge in [0, 0.05) is 16.3 Å². The predicted octanol–water partition coefficient (Wildman–Crippen LogP) is 4.52. The number of aromatic nitrogens is 2. The molecule has 0 fully saturated rings. The second-order valence-corrected chi connectivity index (χ2v) is 6.47. The summed E-state index contributed by atoms with van der Waals surface area (Å²) in [6.45, 7) is 2.02. The number of thioether (sulfide) groups is 1.